The summed E-state index contributed by atoms with van der Waals surface area (Å²) in [7, 11) is 0. The predicted octanol–water partition coefficient (Wildman–Crippen LogP) is 20.6. The van der Waals surface area contributed by atoms with Crippen LogP contribution < -0.4 is 5.32 Å². The lowest BCUT2D eigenvalue weighted by molar-refractivity contribution is -0.143. The molecule has 2 atom stereocenters. The molecule has 71 heavy (non-hydrogen) atoms. The number of hydrogen-bond donors (Lipinski definition) is 3. The van der Waals surface area contributed by atoms with Gasteiger partial charge >= 0.3 is 5.97 Å². The summed E-state index contributed by atoms with van der Waals surface area (Å²) < 4.78 is 5.47. The molecule has 424 valence electrons. The minimum Gasteiger partial charge on any atom is -0.466 e. The summed E-state index contributed by atoms with van der Waals surface area (Å²) >= 11 is 0. The van der Waals surface area contributed by atoms with Crippen LogP contribution in [-0.2, 0) is 14.3 Å². The second-order valence-electron chi connectivity index (χ2n) is 22.8. The molecule has 0 spiro atoms. The second kappa shape index (κ2) is 61.4. The van der Waals surface area contributed by atoms with Crippen molar-refractivity contribution >= 4 is 11.9 Å². The van der Waals surface area contributed by atoms with Gasteiger partial charge in [0.1, 0.15) is 0 Å². The average Bonchev–Trinajstić information content (AvgIpc) is 3.37. The number of amides is 1. The van der Waals surface area contributed by atoms with Crippen molar-refractivity contribution in [2.45, 2.75) is 392 Å². The lowest BCUT2D eigenvalue weighted by atomic mass is 10.0. The van der Waals surface area contributed by atoms with Crippen molar-refractivity contribution in [3.63, 3.8) is 0 Å². The molecule has 0 heterocycles. The molecule has 0 bridgehead atoms. The Hall–Kier alpha value is -1.14. The smallest absolute Gasteiger partial charge is 0.305 e. The van der Waals surface area contributed by atoms with E-state index in [2.05, 4.69) is 19.2 Å². The van der Waals surface area contributed by atoms with Gasteiger partial charge in [-0.3, -0.25) is 9.59 Å². The lowest BCUT2D eigenvalue weighted by Gasteiger charge is -2.22. The molecular formula is C65H129NO5. The molecule has 0 rings (SSSR count). The van der Waals surface area contributed by atoms with E-state index in [-0.39, 0.29) is 18.5 Å². The highest BCUT2D eigenvalue weighted by atomic mass is 16.5. The van der Waals surface area contributed by atoms with Crippen LogP contribution >= 0.6 is 0 Å². The maximum atomic E-state index is 12.5. The van der Waals surface area contributed by atoms with Gasteiger partial charge in [-0.05, 0) is 25.7 Å². The van der Waals surface area contributed by atoms with E-state index in [1.54, 1.807) is 0 Å². The second-order valence-corrected chi connectivity index (χ2v) is 22.8. The van der Waals surface area contributed by atoms with Crippen LogP contribution in [0.1, 0.15) is 380 Å². The van der Waals surface area contributed by atoms with Crippen molar-refractivity contribution in [3.8, 4) is 0 Å². The Balaban J connectivity index is 3.39. The molecule has 0 aliphatic heterocycles. The Bertz CT molecular complexity index is 1020. The van der Waals surface area contributed by atoms with Crippen molar-refractivity contribution in [2.24, 2.45) is 0 Å². The number of rotatable bonds is 62. The molecule has 3 N–H and O–H groups in total. The molecule has 0 saturated heterocycles. The lowest BCUT2D eigenvalue weighted by Crippen LogP contribution is -2.45. The van der Waals surface area contributed by atoms with Gasteiger partial charge in [-0.25, -0.2) is 0 Å². The molecular weight excluding hydrogens is 875 g/mol. The zero-order valence-corrected chi connectivity index (χ0v) is 48.5. The van der Waals surface area contributed by atoms with Gasteiger partial charge in [-0.15, -0.1) is 0 Å². The zero-order valence-electron chi connectivity index (χ0n) is 48.5. The van der Waals surface area contributed by atoms with Crippen molar-refractivity contribution in [1.29, 1.82) is 0 Å². The third-order valence-electron chi connectivity index (χ3n) is 15.7. The standard InChI is InChI=1S/C65H129NO5/c1-3-5-7-9-11-13-15-16-17-18-19-20-21-22-23-25-28-31-34-38-41-45-49-53-57-63(68)62(61-67)66-64(69)58-54-50-46-42-39-35-32-29-26-24-27-30-33-36-40-44-48-52-56-60-71-65(70)59-55-51-47-43-37-14-12-10-8-6-4-2/h62-63,67-68H,3-61H2,1-2H3,(H,66,69). The summed E-state index contributed by atoms with van der Waals surface area (Å²) in [6, 6.07) is -0.543. The summed E-state index contributed by atoms with van der Waals surface area (Å²) in [6.45, 7) is 4.98. The first-order valence-corrected chi connectivity index (χ1v) is 32.8. The Morgan fingerprint density at radius 3 is 0.859 bits per heavy atom. The first kappa shape index (κ1) is 69.9. The molecule has 0 aromatic rings. The van der Waals surface area contributed by atoms with E-state index in [0.29, 0.717) is 25.9 Å². The van der Waals surface area contributed by atoms with Gasteiger partial charge in [0.05, 0.1) is 25.4 Å². The molecule has 2 unspecified atom stereocenters. The van der Waals surface area contributed by atoms with Crippen molar-refractivity contribution in [2.75, 3.05) is 13.2 Å². The molecule has 0 fully saturated rings. The van der Waals surface area contributed by atoms with Gasteiger partial charge in [0, 0.05) is 12.8 Å². The summed E-state index contributed by atoms with van der Waals surface area (Å²) in [5.41, 5.74) is 0. The van der Waals surface area contributed by atoms with E-state index in [4.69, 9.17) is 4.74 Å². The quantitative estimate of drug-likeness (QED) is 0.0417. The first-order valence-electron chi connectivity index (χ1n) is 32.8. The van der Waals surface area contributed by atoms with Gasteiger partial charge in [0.2, 0.25) is 5.91 Å². The average molecular weight is 1000 g/mol. The van der Waals surface area contributed by atoms with E-state index in [0.717, 1.165) is 38.5 Å². The van der Waals surface area contributed by atoms with Crippen molar-refractivity contribution in [1.82, 2.24) is 5.32 Å². The number of carbonyl (C=O) groups is 2. The topological polar surface area (TPSA) is 95.9 Å². The van der Waals surface area contributed by atoms with Crippen LogP contribution in [0.2, 0.25) is 0 Å². The number of aliphatic hydroxyl groups excluding tert-OH is 2. The fraction of sp³-hybridized carbons (Fsp3) is 0.969. The Kier molecular flexibility index (Phi) is 60.4. The summed E-state index contributed by atoms with van der Waals surface area (Å²) in [5.74, 6) is -0.0222. The van der Waals surface area contributed by atoms with Crippen LogP contribution in [-0.4, -0.2) is 47.4 Å². The number of unbranched alkanes of at least 4 members (excludes halogenated alkanes) is 51. The molecule has 0 radical (unpaired) electrons. The maximum absolute atomic E-state index is 12.5. The minimum absolute atomic E-state index is 0.0102. The normalized spacial score (nSPS) is 12.5. The summed E-state index contributed by atoms with van der Waals surface area (Å²) in [4.78, 5) is 24.5. The monoisotopic (exact) mass is 1000 g/mol. The van der Waals surface area contributed by atoms with Gasteiger partial charge in [0.15, 0.2) is 0 Å². The fourth-order valence-corrected chi connectivity index (χ4v) is 10.6. The van der Waals surface area contributed by atoms with Crippen LogP contribution in [0.4, 0.5) is 0 Å². The van der Waals surface area contributed by atoms with E-state index in [1.165, 1.54) is 308 Å². The van der Waals surface area contributed by atoms with Crippen LogP contribution in [0.5, 0.6) is 0 Å². The van der Waals surface area contributed by atoms with E-state index in [1.807, 2.05) is 0 Å². The number of aliphatic hydroxyl groups is 2. The molecule has 0 aromatic heterocycles. The third kappa shape index (κ3) is 58.0. The summed E-state index contributed by atoms with van der Waals surface area (Å²) in [5, 5.41) is 23.4. The number of esters is 1. The summed E-state index contributed by atoms with van der Waals surface area (Å²) in [6.07, 6.45) is 72.7. The first-order chi connectivity index (χ1) is 35.0. The third-order valence-corrected chi connectivity index (χ3v) is 15.7. The maximum Gasteiger partial charge on any atom is 0.305 e. The Morgan fingerprint density at radius 1 is 0.338 bits per heavy atom. The fourth-order valence-electron chi connectivity index (χ4n) is 10.6. The number of nitrogens with one attached hydrogen (secondary N) is 1. The SMILES string of the molecule is CCCCCCCCCCCCCCCCCCCCCCCCCCC(O)C(CO)NC(=O)CCCCCCCCCCCCCCCCCCCCCOC(=O)CCCCCCCCCCCCC. The van der Waals surface area contributed by atoms with Crippen LogP contribution in [0.15, 0.2) is 0 Å². The largest absolute Gasteiger partial charge is 0.466 e. The van der Waals surface area contributed by atoms with E-state index < -0.39 is 12.1 Å². The van der Waals surface area contributed by atoms with Crippen LogP contribution in [0, 0.1) is 0 Å². The molecule has 0 aliphatic rings. The molecule has 0 saturated carbocycles. The minimum atomic E-state index is -0.666. The predicted molar refractivity (Wildman–Crippen MR) is 310 cm³/mol. The number of ether oxygens (including phenoxy) is 1. The molecule has 6 nitrogen and oxygen atoms in total. The van der Waals surface area contributed by atoms with E-state index >= 15 is 0 Å². The molecule has 6 heteroatoms. The van der Waals surface area contributed by atoms with Crippen molar-refractivity contribution < 1.29 is 24.5 Å². The van der Waals surface area contributed by atoms with Gasteiger partial charge in [0.25, 0.3) is 0 Å². The molecule has 1 amide bonds. The van der Waals surface area contributed by atoms with Crippen LogP contribution in [0.3, 0.4) is 0 Å². The number of hydrogen-bond acceptors (Lipinski definition) is 5. The number of carbonyl (C=O) groups excluding carboxylic acids is 2. The van der Waals surface area contributed by atoms with Crippen molar-refractivity contribution in [3.05, 3.63) is 0 Å². The molecule has 0 aliphatic carbocycles. The van der Waals surface area contributed by atoms with Crippen LogP contribution in [0.25, 0.3) is 0 Å². The Labute approximate surface area is 445 Å². The zero-order chi connectivity index (χ0) is 51.4. The Morgan fingerprint density at radius 2 is 0.577 bits per heavy atom. The van der Waals surface area contributed by atoms with Gasteiger partial charge in [-0.2, -0.15) is 0 Å². The highest BCUT2D eigenvalue weighted by Gasteiger charge is 2.20. The molecule has 0 aromatic carbocycles. The van der Waals surface area contributed by atoms with E-state index in [9.17, 15) is 19.8 Å². The van der Waals surface area contributed by atoms with Gasteiger partial charge < -0.3 is 20.3 Å². The highest BCUT2D eigenvalue weighted by Crippen LogP contribution is 2.19. The highest BCUT2D eigenvalue weighted by molar-refractivity contribution is 5.76. The van der Waals surface area contributed by atoms with Gasteiger partial charge in [-0.1, -0.05) is 341 Å².